The van der Waals surface area contributed by atoms with Gasteiger partial charge in [-0.2, -0.15) is 0 Å². The molecule has 5 nitrogen and oxygen atoms in total. The van der Waals surface area contributed by atoms with E-state index in [2.05, 4.69) is 39.3 Å². The lowest BCUT2D eigenvalue weighted by molar-refractivity contribution is -0.0460. The lowest BCUT2D eigenvalue weighted by Gasteiger charge is -2.41. The van der Waals surface area contributed by atoms with E-state index in [1.165, 1.54) is 0 Å². The summed E-state index contributed by atoms with van der Waals surface area (Å²) < 4.78 is 31.5. The molecule has 2 rings (SSSR count). The average Bonchev–Trinajstić information content (AvgIpc) is 2.59. The molecule has 0 aromatic rings. The molecule has 2 aliphatic rings. The van der Waals surface area contributed by atoms with E-state index in [1.807, 2.05) is 40.7 Å². The highest BCUT2D eigenvalue weighted by molar-refractivity contribution is 6.70. The Bertz CT molecular complexity index is 535. The molecule has 0 N–H and O–H groups in total. The van der Waals surface area contributed by atoms with Crippen molar-refractivity contribution in [3.63, 3.8) is 0 Å². The van der Waals surface area contributed by atoms with Crippen LogP contribution in [-0.4, -0.2) is 53.3 Å². The van der Waals surface area contributed by atoms with E-state index in [0.29, 0.717) is 5.66 Å². The topological polar surface area (TPSA) is 46.2 Å². The Morgan fingerprint density at radius 3 is 1.77 bits per heavy atom. The summed E-state index contributed by atoms with van der Waals surface area (Å²) in [5.74, 6) is 0. The first-order chi connectivity index (χ1) is 11.5. The van der Waals surface area contributed by atoms with Crippen molar-refractivity contribution < 1.29 is 22.9 Å². The first-order valence-electron chi connectivity index (χ1n) is 9.60. The van der Waals surface area contributed by atoms with Gasteiger partial charge in [-0.15, -0.1) is 0 Å². The van der Waals surface area contributed by atoms with Crippen LogP contribution in [-0.2, 0) is 22.9 Å². The number of hydrogen-bond acceptors (Lipinski definition) is 5. The van der Waals surface area contributed by atoms with Crippen molar-refractivity contribution in [2.45, 2.75) is 103 Å². The summed E-state index contributed by atoms with van der Waals surface area (Å²) in [6, 6.07) is 0. The number of rotatable bonds is 5. The summed E-state index contributed by atoms with van der Waals surface area (Å²) >= 11 is 0. The molecular weight excluding hydrogens is 363 g/mol. The first-order valence-corrected chi connectivity index (χ1v) is 16.4. The number of hydrogen-bond donors (Lipinski definition) is 0. The molecule has 0 aromatic heterocycles. The van der Waals surface area contributed by atoms with Gasteiger partial charge < -0.3 is 22.9 Å². The first kappa shape index (κ1) is 22.2. The van der Waals surface area contributed by atoms with E-state index in [4.69, 9.17) is 22.9 Å². The standard InChI is InChI=1S/C18H37BO5Si2/c1-13-16(22-26(9,10)11)14(21-25(6,7)8)12-15(20-13)19-23-17(2,3)18(4,5)24-19/h12-14,16H,1-11H3/t13-,14?,16?/m0/s1. The summed E-state index contributed by atoms with van der Waals surface area (Å²) in [6.45, 7) is 23.4. The molecule has 26 heavy (non-hydrogen) atoms. The van der Waals surface area contributed by atoms with Crippen LogP contribution in [0.4, 0.5) is 0 Å². The molecule has 0 saturated carbocycles. The SMILES string of the molecule is C[C@@H]1OC(B2OC(C)(C)C(C)(C)O2)=CC(O[Si](C)(C)C)C1O[Si](C)(C)C. The zero-order valence-electron chi connectivity index (χ0n) is 18.4. The van der Waals surface area contributed by atoms with Gasteiger partial charge in [-0.25, -0.2) is 0 Å². The molecule has 0 radical (unpaired) electrons. The van der Waals surface area contributed by atoms with Gasteiger partial charge in [0.2, 0.25) is 0 Å². The van der Waals surface area contributed by atoms with Gasteiger partial charge in [0.15, 0.2) is 16.6 Å². The lowest BCUT2D eigenvalue weighted by Crippen LogP contribution is -2.52. The monoisotopic (exact) mass is 400 g/mol. The molecule has 1 saturated heterocycles. The molecule has 0 bridgehead atoms. The fraction of sp³-hybridized carbons (Fsp3) is 0.889. The van der Waals surface area contributed by atoms with E-state index >= 15 is 0 Å². The van der Waals surface area contributed by atoms with Crippen LogP contribution in [0.15, 0.2) is 11.7 Å². The van der Waals surface area contributed by atoms with Crippen LogP contribution in [0.5, 0.6) is 0 Å². The van der Waals surface area contributed by atoms with E-state index in [9.17, 15) is 0 Å². The molecule has 0 amide bonds. The van der Waals surface area contributed by atoms with E-state index < -0.39 is 35.0 Å². The third-order valence-electron chi connectivity index (χ3n) is 4.90. The smallest absolute Gasteiger partial charge is 0.496 e. The molecular formula is C18H37BO5Si2. The van der Waals surface area contributed by atoms with E-state index in [-0.39, 0.29) is 18.3 Å². The van der Waals surface area contributed by atoms with Gasteiger partial charge in [-0.3, -0.25) is 0 Å². The van der Waals surface area contributed by atoms with Gasteiger partial charge in [-0.1, -0.05) is 0 Å². The third kappa shape index (κ3) is 5.23. The summed E-state index contributed by atoms with van der Waals surface area (Å²) in [5.41, 5.74) is -0.0903. The average molecular weight is 400 g/mol. The summed E-state index contributed by atoms with van der Waals surface area (Å²) in [7, 11) is -4.01. The van der Waals surface area contributed by atoms with E-state index in [1.54, 1.807) is 0 Å². The second-order valence-corrected chi connectivity index (χ2v) is 19.3. The third-order valence-corrected chi connectivity index (χ3v) is 6.86. The van der Waals surface area contributed by atoms with Gasteiger partial charge >= 0.3 is 7.12 Å². The molecule has 2 aliphatic heterocycles. The van der Waals surface area contributed by atoms with Crippen molar-refractivity contribution in [3.8, 4) is 0 Å². The minimum absolute atomic E-state index is 0.112. The minimum atomic E-state index is -1.76. The van der Waals surface area contributed by atoms with E-state index in [0.717, 1.165) is 0 Å². The zero-order chi connectivity index (χ0) is 20.1. The van der Waals surface area contributed by atoms with Crippen LogP contribution < -0.4 is 0 Å². The maximum Gasteiger partial charge on any atom is 0.531 e. The Morgan fingerprint density at radius 1 is 0.885 bits per heavy atom. The maximum absolute atomic E-state index is 6.47. The Balaban J connectivity index is 2.30. The highest BCUT2D eigenvalue weighted by atomic mass is 28.4. The second-order valence-electron chi connectivity index (χ2n) is 10.4. The molecule has 0 aromatic carbocycles. The fourth-order valence-corrected chi connectivity index (χ4v) is 5.18. The molecule has 0 aliphatic carbocycles. The van der Waals surface area contributed by atoms with Crippen molar-refractivity contribution >= 4 is 23.8 Å². The van der Waals surface area contributed by atoms with Crippen molar-refractivity contribution in [2.75, 3.05) is 0 Å². The Hall–Kier alpha value is -0.121. The predicted molar refractivity (Wildman–Crippen MR) is 111 cm³/mol. The highest BCUT2D eigenvalue weighted by Gasteiger charge is 2.55. The Morgan fingerprint density at radius 2 is 1.35 bits per heavy atom. The molecule has 150 valence electrons. The normalized spacial score (nSPS) is 31.6. The van der Waals surface area contributed by atoms with Crippen LogP contribution in [0.1, 0.15) is 34.6 Å². The fourth-order valence-electron chi connectivity index (χ4n) is 3.02. The summed E-state index contributed by atoms with van der Waals surface area (Å²) in [6.07, 6.45) is 1.64. The summed E-state index contributed by atoms with van der Waals surface area (Å²) in [5, 5.41) is 0. The summed E-state index contributed by atoms with van der Waals surface area (Å²) in [4.78, 5) is 0. The Labute approximate surface area is 162 Å². The maximum atomic E-state index is 6.47. The van der Waals surface area contributed by atoms with Gasteiger partial charge in [0, 0.05) is 0 Å². The van der Waals surface area contributed by atoms with Gasteiger partial charge in [0.05, 0.1) is 17.3 Å². The highest BCUT2D eigenvalue weighted by Crippen LogP contribution is 2.40. The molecule has 1 fully saturated rings. The predicted octanol–water partition coefficient (Wildman–Crippen LogP) is 4.36. The quantitative estimate of drug-likeness (QED) is 0.642. The Kier molecular flexibility index (Phi) is 6.01. The van der Waals surface area contributed by atoms with Crippen LogP contribution in [0.3, 0.4) is 0 Å². The van der Waals surface area contributed by atoms with Crippen molar-refractivity contribution in [3.05, 3.63) is 11.7 Å². The van der Waals surface area contributed by atoms with Crippen LogP contribution >= 0.6 is 0 Å². The molecule has 0 spiro atoms. The van der Waals surface area contributed by atoms with Crippen molar-refractivity contribution in [1.29, 1.82) is 0 Å². The number of ether oxygens (including phenoxy) is 1. The van der Waals surface area contributed by atoms with Crippen molar-refractivity contribution in [1.82, 2.24) is 0 Å². The zero-order valence-corrected chi connectivity index (χ0v) is 20.4. The lowest BCUT2D eigenvalue weighted by atomic mass is 9.83. The molecule has 3 atom stereocenters. The molecule has 2 heterocycles. The van der Waals surface area contributed by atoms with Crippen LogP contribution in [0.2, 0.25) is 39.3 Å². The molecule has 8 heteroatoms. The van der Waals surface area contributed by atoms with Crippen LogP contribution in [0, 0.1) is 0 Å². The van der Waals surface area contributed by atoms with Gasteiger partial charge in [0.1, 0.15) is 17.9 Å². The van der Waals surface area contributed by atoms with Crippen molar-refractivity contribution in [2.24, 2.45) is 0 Å². The van der Waals surface area contributed by atoms with Crippen LogP contribution in [0.25, 0.3) is 0 Å². The van der Waals surface area contributed by atoms with Gasteiger partial charge in [-0.05, 0) is 80.0 Å². The van der Waals surface area contributed by atoms with Gasteiger partial charge in [0.25, 0.3) is 0 Å². The minimum Gasteiger partial charge on any atom is -0.496 e. The largest absolute Gasteiger partial charge is 0.531 e. The second kappa shape index (κ2) is 7.04. The molecule has 2 unspecified atom stereocenters.